The summed E-state index contributed by atoms with van der Waals surface area (Å²) >= 11 is 0. The Morgan fingerprint density at radius 3 is 2.77 bits per heavy atom. The number of pyridine rings is 1. The van der Waals surface area contributed by atoms with E-state index in [9.17, 15) is 14.4 Å². The van der Waals surface area contributed by atoms with E-state index in [2.05, 4.69) is 10.4 Å². The molecule has 3 aromatic rings. The summed E-state index contributed by atoms with van der Waals surface area (Å²) in [6.45, 7) is 1.82. The molecular formula is C22H28N6O3. The van der Waals surface area contributed by atoms with Gasteiger partial charge in [-0.25, -0.2) is 9.48 Å². The van der Waals surface area contributed by atoms with Crippen LogP contribution in [0, 0.1) is 0 Å². The number of aryl methyl sites for hydroxylation is 2. The summed E-state index contributed by atoms with van der Waals surface area (Å²) < 4.78 is 4.79. The minimum atomic E-state index is -0.262. The lowest BCUT2D eigenvalue weighted by Crippen LogP contribution is -2.37. The summed E-state index contributed by atoms with van der Waals surface area (Å²) in [5.41, 5.74) is 0.788. The molecular weight excluding hydrogens is 396 g/mol. The van der Waals surface area contributed by atoms with Gasteiger partial charge in [0.25, 0.3) is 11.5 Å². The van der Waals surface area contributed by atoms with Gasteiger partial charge in [0.05, 0.1) is 17.6 Å². The van der Waals surface area contributed by atoms with Crippen LogP contribution in [0.2, 0.25) is 0 Å². The number of benzene rings is 1. The monoisotopic (exact) mass is 424 g/mol. The largest absolute Gasteiger partial charge is 0.349 e. The number of nitrogens with one attached hydrogen (secondary N) is 1. The SMILES string of the molecule is CN(C)CCn1nc2n(c1=O)CCC(NC(=O)c1cc(=O)n(C)c3ccccc13)CC2. The third kappa shape index (κ3) is 4.18. The fourth-order valence-electron chi connectivity index (χ4n) is 4.07. The first-order valence-electron chi connectivity index (χ1n) is 10.6. The number of rotatable bonds is 5. The first-order chi connectivity index (χ1) is 14.8. The Balaban J connectivity index is 1.50. The molecule has 0 bridgehead atoms. The van der Waals surface area contributed by atoms with Crippen molar-refractivity contribution >= 4 is 16.8 Å². The van der Waals surface area contributed by atoms with Crippen molar-refractivity contribution in [3.05, 3.63) is 62.6 Å². The number of hydrogen-bond acceptors (Lipinski definition) is 5. The van der Waals surface area contributed by atoms with E-state index in [1.807, 2.05) is 43.3 Å². The van der Waals surface area contributed by atoms with Crippen molar-refractivity contribution in [2.45, 2.75) is 38.4 Å². The van der Waals surface area contributed by atoms with Gasteiger partial charge in [0, 0.05) is 44.1 Å². The maximum absolute atomic E-state index is 13.0. The van der Waals surface area contributed by atoms with Gasteiger partial charge in [-0.05, 0) is 33.0 Å². The van der Waals surface area contributed by atoms with Gasteiger partial charge in [0.2, 0.25) is 0 Å². The van der Waals surface area contributed by atoms with Crippen LogP contribution in [0.5, 0.6) is 0 Å². The van der Waals surface area contributed by atoms with Gasteiger partial charge < -0.3 is 14.8 Å². The summed E-state index contributed by atoms with van der Waals surface area (Å²) in [5.74, 6) is 0.501. The molecule has 0 radical (unpaired) electrons. The summed E-state index contributed by atoms with van der Waals surface area (Å²) in [5, 5.41) is 8.31. The molecule has 31 heavy (non-hydrogen) atoms. The Bertz CT molecular complexity index is 1240. The van der Waals surface area contributed by atoms with Crippen LogP contribution >= 0.6 is 0 Å². The molecule has 4 rings (SSSR count). The molecule has 2 aromatic heterocycles. The lowest BCUT2D eigenvalue weighted by Gasteiger charge is -2.17. The molecule has 9 nitrogen and oxygen atoms in total. The van der Waals surface area contributed by atoms with E-state index in [-0.39, 0.29) is 23.2 Å². The van der Waals surface area contributed by atoms with E-state index in [0.29, 0.717) is 37.9 Å². The molecule has 9 heteroatoms. The Morgan fingerprint density at radius 1 is 1.23 bits per heavy atom. The highest BCUT2D eigenvalue weighted by Crippen LogP contribution is 2.18. The summed E-state index contributed by atoms with van der Waals surface area (Å²) in [4.78, 5) is 40.0. The number of amides is 1. The van der Waals surface area contributed by atoms with E-state index >= 15 is 0 Å². The Morgan fingerprint density at radius 2 is 2.00 bits per heavy atom. The molecule has 1 unspecified atom stereocenters. The maximum atomic E-state index is 13.0. The number of nitrogens with zero attached hydrogens (tertiary/aromatic N) is 5. The van der Waals surface area contributed by atoms with Crippen LogP contribution in [0.4, 0.5) is 0 Å². The smallest absolute Gasteiger partial charge is 0.345 e. The van der Waals surface area contributed by atoms with E-state index in [0.717, 1.165) is 23.3 Å². The first-order valence-corrected chi connectivity index (χ1v) is 10.6. The van der Waals surface area contributed by atoms with Crippen molar-refractivity contribution in [2.75, 3.05) is 20.6 Å². The van der Waals surface area contributed by atoms with Gasteiger partial charge in [0.1, 0.15) is 5.82 Å². The zero-order valence-electron chi connectivity index (χ0n) is 18.2. The molecule has 164 valence electrons. The highest BCUT2D eigenvalue weighted by atomic mass is 16.2. The quantitative estimate of drug-likeness (QED) is 0.647. The Hall–Kier alpha value is -3.20. The molecule has 0 saturated carbocycles. The fraction of sp³-hybridized carbons (Fsp3) is 0.455. The third-order valence-electron chi connectivity index (χ3n) is 5.91. The second-order valence-corrected chi connectivity index (χ2v) is 8.35. The lowest BCUT2D eigenvalue weighted by atomic mass is 10.1. The van der Waals surface area contributed by atoms with Gasteiger partial charge >= 0.3 is 5.69 Å². The molecule has 1 aromatic carbocycles. The second kappa shape index (κ2) is 8.50. The summed E-state index contributed by atoms with van der Waals surface area (Å²) in [6.07, 6.45) is 1.95. The number of aromatic nitrogens is 4. The Kier molecular flexibility index (Phi) is 5.77. The van der Waals surface area contributed by atoms with Crippen LogP contribution in [0.1, 0.15) is 29.0 Å². The van der Waals surface area contributed by atoms with Crippen LogP contribution in [-0.2, 0) is 26.6 Å². The van der Waals surface area contributed by atoms with E-state index in [4.69, 9.17) is 0 Å². The first kappa shape index (κ1) is 21.0. The zero-order chi connectivity index (χ0) is 22.1. The number of hydrogen-bond donors (Lipinski definition) is 1. The normalized spacial score (nSPS) is 16.3. The molecule has 3 heterocycles. The average Bonchev–Trinajstić information content (AvgIpc) is 2.91. The Labute approximate surface area is 179 Å². The molecule has 1 aliphatic heterocycles. The molecule has 0 spiro atoms. The number of para-hydroxylation sites is 1. The van der Waals surface area contributed by atoms with Crippen LogP contribution in [-0.4, -0.2) is 56.4 Å². The molecule has 0 aliphatic carbocycles. The predicted octanol–water partition coefficient (Wildman–Crippen LogP) is 0.593. The molecule has 0 saturated heterocycles. The van der Waals surface area contributed by atoms with Gasteiger partial charge in [-0.1, -0.05) is 18.2 Å². The summed E-state index contributed by atoms with van der Waals surface area (Å²) in [7, 11) is 5.63. The molecule has 1 aliphatic rings. The second-order valence-electron chi connectivity index (χ2n) is 8.35. The van der Waals surface area contributed by atoms with Crippen LogP contribution < -0.4 is 16.6 Å². The van der Waals surface area contributed by atoms with Crippen molar-refractivity contribution < 1.29 is 4.79 Å². The molecule has 1 N–H and O–H groups in total. The van der Waals surface area contributed by atoms with Crippen LogP contribution in [0.25, 0.3) is 10.9 Å². The average molecular weight is 425 g/mol. The maximum Gasteiger partial charge on any atom is 0.345 e. The summed E-state index contributed by atoms with van der Waals surface area (Å²) in [6, 6.07) is 8.69. The third-order valence-corrected chi connectivity index (χ3v) is 5.91. The topological polar surface area (TPSA) is 94.2 Å². The lowest BCUT2D eigenvalue weighted by molar-refractivity contribution is 0.0934. The fourth-order valence-corrected chi connectivity index (χ4v) is 4.07. The zero-order valence-corrected chi connectivity index (χ0v) is 18.2. The van der Waals surface area contributed by atoms with Crippen molar-refractivity contribution in [3.63, 3.8) is 0 Å². The van der Waals surface area contributed by atoms with E-state index in [1.165, 1.54) is 15.3 Å². The predicted molar refractivity (Wildman–Crippen MR) is 118 cm³/mol. The highest BCUT2D eigenvalue weighted by molar-refractivity contribution is 6.06. The van der Waals surface area contributed by atoms with Gasteiger partial charge in [-0.2, -0.15) is 5.10 Å². The van der Waals surface area contributed by atoms with Gasteiger partial charge in [-0.15, -0.1) is 0 Å². The highest BCUT2D eigenvalue weighted by Gasteiger charge is 2.23. The number of carbonyl (C=O) groups is 1. The van der Waals surface area contributed by atoms with E-state index in [1.54, 1.807) is 11.6 Å². The van der Waals surface area contributed by atoms with Crippen molar-refractivity contribution in [1.82, 2.24) is 29.1 Å². The number of likely N-dealkylation sites (N-methyl/N-ethyl adjacent to an activating group) is 1. The van der Waals surface area contributed by atoms with Crippen LogP contribution in [0.15, 0.2) is 39.9 Å². The minimum Gasteiger partial charge on any atom is -0.349 e. The minimum absolute atomic E-state index is 0.0911. The van der Waals surface area contributed by atoms with Crippen LogP contribution in [0.3, 0.4) is 0 Å². The number of fused-ring (bicyclic) bond motifs is 2. The van der Waals surface area contributed by atoms with Gasteiger partial charge in [0.15, 0.2) is 0 Å². The molecule has 1 atom stereocenters. The van der Waals surface area contributed by atoms with Gasteiger partial charge in [-0.3, -0.25) is 14.2 Å². The standard InChI is InChI=1S/C22H28N6O3/c1-25(2)12-13-28-22(31)27-11-10-15(8-9-19(27)24-28)23-21(30)17-14-20(29)26(3)18-7-5-4-6-16(17)18/h4-7,14-15H,8-13H2,1-3H3,(H,23,30). The van der Waals surface area contributed by atoms with Crippen molar-refractivity contribution in [2.24, 2.45) is 7.05 Å². The molecule has 1 amide bonds. The van der Waals surface area contributed by atoms with Crippen molar-refractivity contribution in [3.8, 4) is 0 Å². The van der Waals surface area contributed by atoms with Crippen molar-refractivity contribution in [1.29, 1.82) is 0 Å². The van der Waals surface area contributed by atoms with E-state index < -0.39 is 0 Å². The number of carbonyl (C=O) groups excluding carboxylic acids is 1. The molecule has 0 fully saturated rings.